The molecule has 1 saturated heterocycles. The van der Waals surface area contributed by atoms with Gasteiger partial charge in [-0.2, -0.15) is 0 Å². The molecule has 3 rings (SSSR count). The molecule has 1 heterocycles. The van der Waals surface area contributed by atoms with Gasteiger partial charge in [-0.1, -0.05) is 6.07 Å². The van der Waals surface area contributed by atoms with E-state index >= 15 is 0 Å². The molecule has 2 aliphatic rings. The van der Waals surface area contributed by atoms with Crippen LogP contribution in [0, 0.1) is 5.82 Å². The fourth-order valence-electron chi connectivity index (χ4n) is 3.54. The molecule has 3 nitrogen and oxygen atoms in total. The number of ether oxygens (including phenoxy) is 2. The first-order valence-electron chi connectivity index (χ1n) is 8.42. The average molecular weight is 307 g/mol. The number of rotatable bonds is 5. The van der Waals surface area contributed by atoms with E-state index in [1.807, 2.05) is 6.07 Å². The van der Waals surface area contributed by atoms with Crippen molar-refractivity contribution in [1.82, 2.24) is 4.90 Å². The van der Waals surface area contributed by atoms with Crippen molar-refractivity contribution >= 4 is 0 Å². The molecule has 2 atom stereocenters. The first-order chi connectivity index (χ1) is 10.6. The van der Waals surface area contributed by atoms with Crippen molar-refractivity contribution in [3.8, 4) is 5.75 Å². The molecule has 2 unspecified atom stereocenters. The summed E-state index contributed by atoms with van der Waals surface area (Å²) >= 11 is 0. The lowest BCUT2D eigenvalue weighted by Crippen LogP contribution is -2.59. The van der Waals surface area contributed by atoms with Gasteiger partial charge in [-0.05, 0) is 51.7 Å². The van der Waals surface area contributed by atoms with Crippen molar-refractivity contribution in [1.29, 1.82) is 0 Å². The van der Waals surface area contributed by atoms with Crippen LogP contribution in [0.5, 0.6) is 5.75 Å². The quantitative estimate of drug-likeness (QED) is 0.829. The van der Waals surface area contributed by atoms with Crippen LogP contribution in [0.2, 0.25) is 0 Å². The van der Waals surface area contributed by atoms with Gasteiger partial charge in [0, 0.05) is 25.2 Å². The zero-order valence-corrected chi connectivity index (χ0v) is 13.5. The van der Waals surface area contributed by atoms with Crippen molar-refractivity contribution in [3.63, 3.8) is 0 Å². The van der Waals surface area contributed by atoms with Crippen molar-refractivity contribution in [2.75, 3.05) is 13.1 Å². The van der Waals surface area contributed by atoms with Crippen LogP contribution in [-0.2, 0) is 4.74 Å². The molecule has 122 valence electrons. The van der Waals surface area contributed by atoms with Crippen molar-refractivity contribution in [3.05, 3.63) is 30.1 Å². The fourth-order valence-corrected chi connectivity index (χ4v) is 3.54. The van der Waals surface area contributed by atoms with Gasteiger partial charge in [-0.3, -0.25) is 4.90 Å². The van der Waals surface area contributed by atoms with Crippen molar-refractivity contribution in [2.45, 2.75) is 63.9 Å². The number of benzene rings is 1. The summed E-state index contributed by atoms with van der Waals surface area (Å²) in [5, 5.41) is 0. The lowest BCUT2D eigenvalue weighted by Gasteiger charge is -2.46. The van der Waals surface area contributed by atoms with E-state index < -0.39 is 0 Å². The number of hydrogen-bond donors (Lipinski definition) is 0. The SMILES string of the molecule is CC(C)OC1CCCC(N2CC(Oc3cccc(F)c3)C2)C1. The summed E-state index contributed by atoms with van der Waals surface area (Å²) in [4.78, 5) is 2.49. The molecular weight excluding hydrogens is 281 g/mol. The van der Waals surface area contributed by atoms with Gasteiger partial charge in [-0.25, -0.2) is 4.39 Å². The van der Waals surface area contributed by atoms with E-state index in [-0.39, 0.29) is 11.9 Å². The summed E-state index contributed by atoms with van der Waals surface area (Å²) in [5.74, 6) is 0.393. The zero-order chi connectivity index (χ0) is 15.5. The lowest BCUT2D eigenvalue weighted by molar-refractivity contribution is -0.0659. The number of nitrogens with zero attached hydrogens (tertiary/aromatic N) is 1. The molecule has 1 aromatic rings. The van der Waals surface area contributed by atoms with Crippen molar-refractivity contribution in [2.24, 2.45) is 0 Å². The van der Waals surface area contributed by atoms with Gasteiger partial charge in [0.2, 0.25) is 0 Å². The van der Waals surface area contributed by atoms with E-state index in [1.165, 1.54) is 31.4 Å². The van der Waals surface area contributed by atoms with Gasteiger partial charge in [0.25, 0.3) is 0 Å². The Bertz CT molecular complexity index is 488. The molecule has 0 bridgehead atoms. The van der Waals surface area contributed by atoms with Crippen LogP contribution in [0.25, 0.3) is 0 Å². The van der Waals surface area contributed by atoms with E-state index in [9.17, 15) is 4.39 Å². The van der Waals surface area contributed by atoms with Gasteiger partial charge in [0.1, 0.15) is 17.7 Å². The van der Waals surface area contributed by atoms with Gasteiger partial charge in [0.05, 0.1) is 12.2 Å². The second-order valence-corrected chi connectivity index (χ2v) is 6.78. The molecule has 22 heavy (non-hydrogen) atoms. The van der Waals surface area contributed by atoms with Gasteiger partial charge >= 0.3 is 0 Å². The first-order valence-corrected chi connectivity index (χ1v) is 8.42. The van der Waals surface area contributed by atoms with Crippen LogP contribution in [-0.4, -0.2) is 42.3 Å². The van der Waals surface area contributed by atoms with Crippen LogP contribution in [0.1, 0.15) is 39.5 Å². The predicted octanol–water partition coefficient (Wildman–Crippen LogP) is 3.62. The highest BCUT2D eigenvalue weighted by Gasteiger charge is 2.36. The highest BCUT2D eigenvalue weighted by Crippen LogP contribution is 2.30. The highest BCUT2D eigenvalue weighted by molar-refractivity contribution is 5.23. The van der Waals surface area contributed by atoms with Gasteiger partial charge < -0.3 is 9.47 Å². The van der Waals surface area contributed by atoms with Crippen LogP contribution in [0.3, 0.4) is 0 Å². The molecule has 0 amide bonds. The molecule has 0 aromatic heterocycles. The Morgan fingerprint density at radius 1 is 1.18 bits per heavy atom. The third kappa shape index (κ3) is 3.99. The minimum atomic E-state index is -0.241. The molecule has 1 aromatic carbocycles. The maximum atomic E-state index is 13.1. The fraction of sp³-hybridized carbons (Fsp3) is 0.667. The van der Waals surface area contributed by atoms with Crippen LogP contribution < -0.4 is 4.74 Å². The Morgan fingerprint density at radius 3 is 2.73 bits per heavy atom. The van der Waals surface area contributed by atoms with E-state index in [1.54, 1.807) is 6.07 Å². The first kappa shape index (κ1) is 15.8. The van der Waals surface area contributed by atoms with E-state index in [0.717, 1.165) is 19.5 Å². The van der Waals surface area contributed by atoms with Crippen molar-refractivity contribution < 1.29 is 13.9 Å². The van der Waals surface area contributed by atoms with E-state index in [2.05, 4.69) is 18.7 Å². The second-order valence-electron chi connectivity index (χ2n) is 6.78. The third-order valence-corrected chi connectivity index (χ3v) is 4.55. The minimum absolute atomic E-state index is 0.188. The topological polar surface area (TPSA) is 21.7 Å². The molecule has 4 heteroatoms. The summed E-state index contributed by atoms with van der Waals surface area (Å²) < 4.78 is 25.0. The average Bonchev–Trinajstić information content (AvgIpc) is 2.42. The number of likely N-dealkylation sites (tertiary alicyclic amines) is 1. The summed E-state index contributed by atoms with van der Waals surface area (Å²) in [5.41, 5.74) is 0. The Hall–Kier alpha value is -1.13. The second kappa shape index (κ2) is 6.97. The summed E-state index contributed by atoms with van der Waals surface area (Å²) in [7, 11) is 0. The van der Waals surface area contributed by atoms with Crippen LogP contribution in [0.4, 0.5) is 4.39 Å². The molecule has 1 saturated carbocycles. The number of hydrogen-bond acceptors (Lipinski definition) is 3. The Balaban J connectivity index is 1.44. The maximum Gasteiger partial charge on any atom is 0.126 e. The Labute approximate surface area is 132 Å². The number of halogens is 1. The largest absolute Gasteiger partial charge is 0.488 e. The summed E-state index contributed by atoms with van der Waals surface area (Å²) in [6.45, 7) is 6.09. The normalized spacial score (nSPS) is 26.9. The summed E-state index contributed by atoms with van der Waals surface area (Å²) in [6.07, 6.45) is 5.72. The van der Waals surface area contributed by atoms with E-state index in [4.69, 9.17) is 9.47 Å². The molecule has 2 fully saturated rings. The van der Waals surface area contributed by atoms with E-state index in [0.29, 0.717) is 24.0 Å². The third-order valence-electron chi connectivity index (χ3n) is 4.55. The monoisotopic (exact) mass is 307 g/mol. The van der Waals surface area contributed by atoms with Gasteiger partial charge in [-0.15, -0.1) is 0 Å². The van der Waals surface area contributed by atoms with Crippen LogP contribution >= 0.6 is 0 Å². The standard InChI is InChI=1S/C18H26FNO2/c1-13(2)21-17-8-4-6-15(10-17)20-11-18(12-20)22-16-7-3-5-14(19)9-16/h3,5,7,9,13,15,17-18H,4,6,8,10-12H2,1-2H3. The maximum absolute atomic E-state index is 13.1. The molecule has 0 radical (unpaired) electrons. The lowest BCUT2D eigenvalue weighted by atomic mass is 9.89. The smallest absolute Gasteiger partial charge is 0.126 e. The van der Waals surface area contributed by atoms with Crippen LogP contribution in [0.15, 0.2) is 24.3 Å². The molecule has 1 aliphatic heterocycles. The molecule has 0 N–H and O–H groups in total. The molecule has 0 spiro atoms. The molecule has 1 aliphatic carbocycles. The zero-order valence-electron chi connectivity index (χ0n) is 13.5. The Kier molecular flexibility index (Phi) is 4.99. The predicted molar refractivity (Wildman–Crippen MR) is 84.7 cm³/mol. The summed E-state index contributed by atoms with van der Waals surface area (Å²) in [6, 6.07) is 7.02. The Morgan fingerprint density at radius 2 is 2.00 bits per heavy atom. The van der Waals surface area contributed by atoms with Gasteiger partial charge in [0.15, 0.2) is 0 Å². The minimum Gasteiger partial charge on any atom is -0.488 e. The molecular formula is C18H26FNO2. The highest BCUT2D eigenvalue weighted by atomic mass is 19.1.